The van der Waals surface area contributed by atoms with Gasteiger partial charge in [0.05, 0.1) is 28.2 Å². The average molecular weight is 587 g/mol. The summed E-state index contributed by atoms with van der Waals surface area (Å²) in [6.07, 6.45) is 1.85. The largest absolute Gasteiger partial charge is 0.492 e. The third-order valence-electron chi connectivity index (χ3n) is 6.58. The molecule has 0 unspecified atom stereocenters. The number of hydrogen-bond donors (Lipinski definition) is 0. The minimum atomic E-state index is -0.471. The molecule has 12 heteroatoms. The minimum absolute atomic E-state index is 0.0828. The summed E-state index contributed by atoms with van der Waals surface area (Å²) >= 11 is 10.8. The van der Waals surface area contributed by atoms with E-state index in [2.05, 4.69) is 30.7 Å². The van der Waals surface area contributed by atoms with Crippen molar-refractivity contribution in [3.63, 3.8) is 0 Å². The van der Waals surface area contributed by atoms with Crippen molar-refractivity contribution in [2.24, 2.45) is 0 Å². The van der Waals surface area contributed by atoms with Gasteiger partial charge in [0.25, 0.3) is 11.6 Å². The summed E-state index contributed by atoms with van der Waals surface area (Å²) < 4.78 is 7.06. The van der Waals surface area contributed by atoms with E-state index in [-0.39, 0.29) is 27.8 Å². The molecule has 0 radical (unpaired) electrons. The molecule has 0 aromatic heterocycles. The number of thioether (sulfide) groups is 3. The van der Waals surface area contributed by atoms with Crippen molar-refractivity contribution in [1.29, 1.82) is 0 Å². The highest BCUT2D eigenvalue weighted by atomic mass is 32.2. The lowest BCUT2D eigenvalue weighted by Crippen LogP contribution is -2.45. The zero-order valence-corrected chi connectivity index (χ0v) is 25.4. The van der Waals surface area contributed by atoms with Gasteiger partial charge in [0.2, 0.25) is 0 Å². The number of piperazine rings is 1. The van der Waals surface area contributed by atoms with E-state index in [4.69, 9.17) is 17.0 Å². The number of nitro benzene ring substituents is 1. The first-order chi connectivity index (χ1) is 17.8. The van der Waals surface area contributed by atoms with E-state index in [0.29, 0.717) is 24.7 Å². The van der Waals surface area contributed by atoms with E-state index in [1.165, 1.54) is 6.07 Å². The lowest BCUT2D eigenvalue weighted by molar-refractivity contribution is -0.385. The van der Waals surface area contributed by atoms with Gasteiger partial charge >= 0.3 is 0 Å². The van der Waals surface area contributed by atoms with E-state index >= 15 is 0 Å². The Morgan fingerprint density at radius 2 is 1.86 bits per heavy atom. The molecule has 37 heavy (non-hydrogen) atoms. The fourth-order valence-electron chi connectivity index (χ4n) is 4.60. The van der Waals surface area contributed by atoms with Crippen molar-refractivity contribution in [2.75, 3.05) is 63.6 Å². The van der Waals surface area contributed by atoms with Crippen molar-refractivity contribution >= 4 is 63.4 Å². The zero-order valence-electron chi connectivity index (χ0n) is 22.1. The van der Waals surface area contributed by atoms with E-state index in [0.717, 1.165) is 60.4 Å². The lowest BCUT2D eigenvalue weighted by atomic mass is 10.1. The summed E-state index contributed by atoms with van der Waals surface area (Å²) in [5.41, 5.74) is 0.674. The highest BCUT2D eigenvalue weighted by Crippen LogP contribution is 2.37. The number of amides is 1. The van der Waals surface area contributed by atoms with Gasteiger partial charge in [-0.1, -0.05) is 37.8 Å². The molecule has 2 aliphatic heterocycles. The van der Waals surface area contributed by atoms with Crippen LogP contribution in [0.15, 0.2) is 12.1 Å². The van der Waals surface area contributed by atoms with Crippen molar-refractivity contribution < 1.29 is 14.5 Å². The number of likely N-dealkylation sites (N-methyl/N-ethyl adjacent to an activating group) is 1. The second kappa shape index (κ2) is 14.8. The topological polar surface area (TPSA) is 79.2 Å². The van der Waals surface area contributed by atoms with Gasteiger partial charge < -0.3 is 19.4 Å². The maximum absolute atomic E-state index is 13.6. The summed E-state index contributed by atoms with van der Waals surface area (Å²) in [4.78, 5) is 31.5. The molecule has 2 aliphatic rings. The Morgan fingerprint density at radius 3 is 2.49 bits per heavy atom. The predicted octanol–water partition coefficient (Wildman–Crippen LogP) is 4.98. The minimum Gasteiger partial charge on any atom is -0.492 e. The Bertz CT molecular complexity index is 953. The number of nitrogens with zero attached hydrogens (tertiary/aromatic N) is 4. The number of nitro groups is 1. The second-order valence-electron chi connectivity index (χ2n) is 9.13. The van der Waals surface area contributed by atoms with Gasteiger partial charge in [-0.15, -0.1) is 23.5 Å². The molecule has 1 aromatic rings. The SMILES string of the molecule is CCSC(SCC)[C@@H]1CCCN1C(=O)c1cc(C)c(OCCSC(=S)N2CCN(C)CC2)cc1[N+](=O)[O-]. The van der Waals surface area contributed by atoms with E-state index in [1.54, 1.807) is 17.8 Å². The Morgan fingerprint density at radius 1 is 1.19 bits per heavy atom. The molecule has 2 saturated heterocycles. The summed E-state index contributed by atoms with van der Waals surface area (Å²) in [7, 11) is 2.11. The molecule has 206 valence electrons. The average Bonchev–Trinajstić information content (AvgIpc) is 3.36. The van der Waals surface area contributed by atoms with Crippen LogP contribution in [-0.4, -0.2) is 104 Å². The van der Waals surface area contributed by atoms with Crippen molar-refractivity contribution in [2.45, 2.75) is 44.2 Å². The van der Waals surface area contributed by atoms with Crippen LogP contribution < -0.4 is 4.74 Å². The number of aryl methyl sites for hydroxylation is 1. The smallest absolute Gasteiger partial charge is 0.285 e. The standard InChI is InChI=1S/C25H38N4O4S4/c1-5-35-24(36-6-2)20-8-7-9-28(20)23(30)19-16-18(3)22(17-21(19)29(31)32)33-14-15-37-25(34)27-12-10-26(4)11-13-27/h16-17,20,24H,5-15H2,1-4H3/t20-/m0/s1. The molecule has 3 rings (SSSR count). The van der Waals surface area contributed by atoms with Gasteiger partial charge in [0.1, 0.15) is 15.6 Å². The molecule has 2 heterocycles. The Balaban J connectivity index is 1.66. The third-order valence-corrected chi connectivity index (χ3v) is 10.8. The molecule has 8 nitrogen and oxygen atoms in total. The second-order valence-corrected chi connectivity index (χ2v) is 14.0. The van der Waals surface area contributed by atoms with Crippen LogP contribution in [0.3, 0.4) is 0 Å². The number of thiocarbonyl (C=S) groups is 1. The number of hydrogen-bond acceptors (Lipinski definition) is 9. The molecule has 1 amide bonds. The summed E-state index contributed by atoms with van der Waals surface area (Å²) in [6, 6.07) is 3.12. The first kappa shape index (κ1) is 30.3. The number of likely N-dealkylation sites (tertiary alicyclic amines) is 1. The molecular weight excluding hydrogens is 549 g/mol. The molecule has 0 spiro atoms. The van der Waals surface area contributed by atoms with Crippen LogP contribution in [0.5, 0.6) is 5.75 Å². The van der Waals surface area contributed by atoms with Gasteiger partial charge in [0, 0.05) is 38.5 Å². The summed E-state index contributed by atoms with van der Waals surface area (Å²) in [5.74, 6) is 2.78. The number of benzene rings is 1. The first-order valence-corrected chi connectivity index (χ1v) is 16.3. The van der Waals surface area contributed by atoms with Crippen LogP contribution in [0.25, 0.3) is 0 Å². The molecule has 2 fully saturated rings. The monoisotopic (exact) mass is 586 g/mol. The molecule has 1 aromatic carbocycles. The Kier molecular flexibility index (Phi) is 12.1. The van der Waals surface area contributed by atoms with Crippen LogP contribution >= 0.6 is 47.5 Å². The van der Waals surface area contributed by atoms with Crippen LogP contribution in [0.1, 0.15) is 42.6 Å². The molecule has 1 atom stereocenters. The van der Waals surface area contributed by atoms with Gasteiger partial charge in [0.15, 0.2) is 0 Å². The van der Waals surface area contributed by atoms with Gasteiger partial charge in [-0.3, -0.25) is 14.9 Å². The fraction of sp³-hybridized carbons (Fsp3) is 0.680. The van der Waals surface area contributed by atoms with Crippen molar-refractivity contribution in [3.8, 4) is 5.75 Å². The molecule has 0 aliphatic carbocycles. The normalized spacial score (nSPS) is 18.5. The predicted molar refractivity (Wildman–Crippen MR) is 162 cm³/mol. The number of ether oxygens (including phenoxy) is 1. The number of carbonyl (C=O) groups is 1. The van der Waals surface area contributed by atoms with Crippen LogP contribution in [0, 0.1) is 17.0 Å². The third kappa shape index (κ3) is 8.14. The quantitative estimate of drug-likeness (QED) is 0.116. The van der Waals surface area contributed by atoms with Gasteiger partial charge in [-0.2, -0.15) is 0 Å². The van der Waals surface area contributed by atoms with Crippen LogP contribution in [0.4, 0.5) is 5.69 Å². The zero-order chi connectivity index (χ0) is 26.9. The van der Waals surface area contributed by atoms with Crippen molar-refractivity contribution in [3.05, 3.63) is 33.4 Å². The molecule has 0 N–H and O–H groups in total. The van der Waals surface area contributed by atoms with Crippen molar-refractivity contribution in [1.82, 2.24) is 14.7 Å². The molecular formula is C25H38N4O4S4. The number of rotatable bonds is 11. The highest BCUT2D eigenvalue weighted by molar-refractivity contribution is 8.22. The maximum Gasteiger partial charge on any atom is 0.285 e. The maximum atomic E-state index is 13.6. The van der Waals surface area contributed by atoms with Gasteiger partial charge in [-0.25, -0.2) is 0 Å². The highest BCUT2D eigenvalue weighted by Gasteiger charge is 2.37. The lowest BCUT2D eigenvalue weighted by Gasteiger charge is -2.33. The Labute approximate surface area is 238 Å². The summed E-state index contributed by atoms with van der Waals surface area (Å²) in [5, 5.41) is 12.0. The summed E-state index contributed by atoms with van der Waals surface area (Å²) in [6.45, 7) is 10.9. The molecule has 0 bridgehead atoms. The van der Waals surface area contributed by atoms with E-state index in [9.17, 15) is 14.9 Å². The first-order valence-electron chi connectivity index (χ1n) is 12.8. The Hall–Kier alpha value is -1.21. The molecule has 0 saturated carbocycles. The van der Waals surface area contributed by atoms with E-state index in [1.807, 2.05) is 35.3 Å². The van der Waals surface area contributed by atoms with Crippen LogP contribution in [-0.2, 0) is 0 Å². The number of carbonyl (C=O) groups excluding carboxylic acids is 1. The van der Waals surface area contributed by atoms with Gasteiger partial charge in [-0.05, 0) is 49.9 Å². The van der Waals surface area contributed by atoms with Crippen LogP contribution in [0.2, 0.25) is 0 Å². The van der Waals surface area contributed by atoms with E-state index < -0.39 is 4.92 Å². The fourth-order valence-corrected chi connectivity index (χ4v) is 8.60.